The van der Waals surface area contributed by atoms with E-state index in [1.807, 2.05) is 85.8 Å². The van der Waals surface area contributed by atoms with Gasteiger partial charge in [0, 0.05) is 18.4 Å². The molecule has 0 unspecified atom stereocenters. The van der Waals surface area contributed by atoms with E-state index in [0.717, 1.165) is 33.7 Å². The van der Waals surface area contributed by atoms with Crippen molar-refractivity contribution in [3.05, 3.63) is 131 Å². The average Bonchev–Trinajstić information content (AvgIpc) is 3.49. The number of carboxylic acid groups (broad SMARTS) is 1. The van der Waals surface area contributed by atoms with E-state index in [1.54, 1.807) is 0 Å². The fourth-order valence-electron chi connectivity index (χ4n) is 4.23. The van der Waals surface area contributed by atoms with E-state index in [9.17, 15) is 9.90 Å². The second kappa shape index (κ2) is 10.5. The first-order valence-electron chi connectivity index (χ1n) is 12.0. The SMILES string of the molecule is C=C(Cc1cccc(Cc2nn(-c3ccccc3)nc2C(=O)O)c1)Cc1nc(-c2ccccc2)oc1C. The van der Waals surface area contributed by atoms with Gasteiger partial charge in [-0.25, -0.2) is 9.78 Å². The number of nitrogens with zero attached hydrogens (tertiary/aromatic N) is 4. The summed E-state index contributed by atoms with van der Waals surface area (Å²) in [5.74, 6) is 0.303. The number of aromatic carboxylic acids is 1. The van der Waals surface area contributed by atoms with Crippen LogP contribution in [0.4, 0.5) is 0 Å². The Balaban J connectivity index is 1.30. The van der Waals surface area contributed by atoms with Crippen LogP contribution in [0.15, 0.2) is 101 Å². The molecule has 2 aromatic heterocycles. The maximum atomic E-state index is 11.8. The van der Waals surface area contributed by atoms with Gasteiger partial charge in [0.1, 0.15) is 11.5 Å². The van der Waals surface area contributed by atoms with Crippen LogP contribution in [0.2, 0.25) is 0 Å². The minimum atomic E-state index is -1.10. The lowest BCUT2D eigenvalue weighted by Gasteiger charge is -2.07. The van der Waals surface area contributed by atoms with Gasteiger partial charge in [-0.15, -0.1) is 5.10 Å². The molecule has 0 aliphatic carbocycles. The first-order chi connectivity index (χ1) is 18.0. The molecule has 0 aliphatic rings. The number of hydrogen-bond acceptors (Lipinski definition) is 5. The summed E-state index contributed by atoms with van der Waals surface area (Å²) in [4.78, 5) is 17.9. The topological polar surface area (TPSA) is 94.0 Å². The second-order valence-corrected chi connectivity index (χ2v) is 8.91. The van der Waals surface area contributed by atoms with Gasteiger partial charge in [-0.05, 0) is 48.7 Å². The molecule has 0 bridgehead atoms. The van der Waals surface area contributed by atoms with Crippen LogP contribution in [-0.2, 0) is 19.3 Å². The number of para-hydroxylation sites is 1. The molecule has 5 rings (SSSR count). The minimum absolute atomic E-state index is 0.0469. The molecule has 0 atom stereocenters. The molecule has 1 N–H and O–H groups in total. The molecule has 0 fully saturated rings. The first kappa shape index (κ1) is 23.9. The van der Waals surface area contributed by atoms with E-state index < -0.39 is 5.97 Å². The maximum Gasteiger partial charge on any atom is 0.358 e. The maximum absolute atomic E-state index is 11.8. The number of allylic oxidation sites excluding steroid dienone is 1. The quantitative estimate of drug-likeness (QED) is 0.260. The summed E-state index contributed by atoms with van der Waals surface area (Å²) in [6, 6.07) is 27.1. The first-order valence-corrected chi connectivity index (χ1v) is 12.0. The number of carbonyl (C=O) groups is 1. The third-order valence-electron chi connectivity index (χ3n) is 6.02. The summed E-state index contributed by atoms with van der Waals surface area (Å²) in [6.07, 6.45) is 1.64. The van der Waals surface area contributed by atoms with Gasteiger partial charge in [0.2, 0.25) is 5.89 Å². The van der Waals surface area contributed by atoms with Crippen molar-refractivity contribution in [2.24, 2.45) is 0 Å². The Morgan fingerprint density at radius 3 is 2.32 bits per heavy atom. The zero-order chi connectivity index (χ0) is 25.8. The van der Waals surface area contributed by atoms with Crippen LogP contribution in [0.3, 0.4) is 0 Å². The van der Waals surface area contributed by atoms with Crippen molar-refractivity contribution >= 4 is 5.97 Å². The van der Waals surface area contributed by atoms with Gasteiger partial charge in [-0.3, -0.25) is 0 Å². The van der Waals surface area contributed by atoms with Crippen LogP contribution in [0, 0.1) is 6.92 Å². The van der Waals surface area contributed by atoms with Crippen molar-refractivity contribution in [2.45, 2.75) is 26.2 Å². The molecule has 2 heterocycles. The number of aromatic nitrogens is 4. The van der Waals surface area contributed by atoms with Crippen molar-refractivity contribution in [2.75, 3.05) is 0 Å². The van der Waals surface area contributed by atoms with E-state index in [1.165, 1.54) is 4.80 Å². The number of carboxylic acids is 1. The molecule has 37 heavy (non-hydrogen) atoms. The fourth-order valence-corrected chi connectivity index (χ4v) is 4.23. The predicted octanol–water partition coefficient (Wildman–Crippen LogP) is 5.86. The standard InChI is InChI=1S/C30H26N4O3/c1-20(17-26-21(2)37-29(31-26)24-12-5-3-6-13-24)16-22-10-9-11-23(18-22)19-27-28(30(35)36)33-34(32-27)25-14-7-4-8-15-25/h3-15,18H,1,16-17,19H2,2H3,(H,35,36). The van der Waals surface area contributed by atoms with E-state index in [-0.39, 0.29) is 5.69 Å². The fraction of sp³-hybridized carbons (Fsp3) is 0.133. The summed E-state index contributed by atoms with van der Waals surface area (Å²) in [5, 5.41) is 18.3. The zero-order valence-corrected chi connectivity index (χ0v) is 20.5. The van der Waals surface area contributed by atoms with Gasteiger partial charge >= 0.3 is 5.97 Å². The minimum Gasteiger partial charge on any atom is -0.476 e. The number of oxazole rings is 1. The Morgan fingerprint density at radius 2 is 1.59 bits per heavy atom. The molecule has 0 radical (unpaired) electrons. The molecule has 0 saturated heterocycles. The van der Waals surface area contributed by atoms with E-state index in [2.05, 4.69) is 27.8 Å². The Labute approximate surface area is 214 Å². The molecule has 3 aromatic carbocycles. The predicted molar refractivity (Wildman–Crippen MR) is 141 cm³/mol. The molecule has 184 valence electrons. The average molecular weight is 491 g/mol. The van der Waals surface area contributed by atoms with Crippen LogP contribution in [0.25, 0.3) is 17.1 Å². The summed E-state index contributed by atoms with van der Waals surface area (Å²) in [5.41, 5.74) is 5.95. The highest BCUT2D eigenvalue weighted by molar-refractivity contribution is 5.86. The highest BCUT2D eigenvalue weighted by Gasteiger charge is 2.19. The molecule has 0 saturated carbocycles. The number of aryl methyl sites for hydroxylation is 1. The highest BCUT2D eigenvalue weighted by atomic mass is 16.4. The van der Waals surface area contributed by atoms with Crippen LogP contribution < -0.4 is 0 Å². The van der Waals surface area contributed by atoms with Gasteiger partial charge in [0.05, 0.1) is 11.4 Å². The summed E-state index contributed by atoms with van der Waals surface area (Å²) in [6.45, 7) is 6.19. The Kier molecular flexibility index (Phi) is 6.76. The van der Waals surface area contributed by atoms with E-state index in [0.29, 0.717) is 36.5 Å². The van der Waals surface area contributed by atoms with Crippen LogP contribution in [-0.4, -0.2) is 31.1 Å². The van der Waals surface area contributed by atoms with E-state index in [4.69, 9.17) is 4.42 Å². The lowest BCUT2D eigenvalue weighted by Crippen LogP contribution is -2.03. The number of benzene rings is 3. The lowest BCUT2D eigenvalue weighted by molar-refractivity contribution is 0.0689. The summed E-state index contributed by atoms with van der Waals surface area (Å²) < 4.78 is 5.89. The normalized spacial score (nSPS) is 10.9. The molecule has 7 heteroatoms. The van der Waals surface area contributed by atoms with Gasteiger partial charge < -0.3 is 9.52 Å². The van der Waals surface area contributed by atoms with Crippen molar-refractivity contribution in [3.63, 3.8) is 0 Å². The molecular weight excluding hydrogens is 464 g/mol. The Hall–Kier alpha value is -4.78. The lowest BCUT2D eigenvalue weighted by atomic mass is 9.99. The number of hydrogen-bond donors (Lipinski definition) is 1. The van der Waals surface area contributed by atoms with Crippen LogP contribution in [0.5, 0.6) is 0 Å². The molecule has 0 amide bonds. The zero-order valence-electron chi connectivity index (χ0n) is 20.5. The van der Waals surface area contributed by atoms with Crippen molar-refractivity contribution in [3.8, 4) is 17.1 Å². The Bertz CT molecular complexity index is 1550. The van der Waals surface area contributed by atoms with Gasteiger partial charge in [0.15, 0.2) is 5.69 Å². The largest absolute Gasteiger partial charge is 0.476 e. The van der Waals surface area contributed by atoms with Crippen molar-refractivity contribution in [1.82, 2.24) is 20.0 Å². The second-order valence-electron chi connectivity index (χ2n) is 8.91. The highest BCUT2D eigenvalue weighted by Crippen LogP contribution is 2.24. The van der Waals surface area contributed by atoms with E-state index >= 15 is 0 Å². The number of rotatable bonds is 9. The monoisotopic (exact) mass is 490 g/mol. The van der Waals surface area contributed by atoms with Gasteiger partial charge in [-0.1, -0.05) is 72.8 Å². The third kappa shape index (κ3) is 5.56. The summed E-state index contributed by atoms with van der Waals surface area (Å²) in [7, 11) is 0. The summed E-state index contributed by atoms with van der Waals surface area (Å²) >= 11 is 0. The molecule has 0 aliphatic heterocycles. The molecule has 5 aromatic rings. The third-order valence-corrected chi connectivity index (χ3v) is 6.02. The molecule has 0 spiro atoms. The van der Waals surface area contributed by atoms with Crippen LogP contribution in [0.1, 0.15) is 38.8 Å². The molecule has 7 nitrogen and oxygen atoms in total. The van der Waals surface area contributed by atoms with Crippen molar-refractivity contribution in [1.29, 1.82) is 0 Å². The van der Waals surface area contributed by atoms with Crippen molar-refractivity contribution < 1.29 is 14.3 Å². The van der Waals surface area contributed by atoms with Gasteiger partial charge in [-0.2, -0.15) is 9.90 Å². The molecular formula is C30H26N4O3. The van der Waals surface area contributed by atoms with Crippen LogP contribution >= 0.6 is 0 Å². The van der Waals surface area contributed by atoms with Gasteiger partial charge in [0.25, 0.3) is 0 Å². The smallest absolute Gasteiger partial charge is 0.358 e. The Morgan fingerprint density at radius 1 is 0.892 bits per heavy atom.